The first-order valence-corrected chi connectivity index (χ1v) is 5.86. The van der Waals surface area contributed by atoms with Gasteiger partial charge < -0.3 is 10.6 Å². The van der Waals surface area contributed by atoms with Gasteiger partial charge in [0.15, 0.2) is 0 Å². The van der Waals surface area contributed by atoms with Gasteiger partial charge in [-0.15, -0.1) is 0 Å². The first kappa shape index (κ1) is 10.4. The average Bonchev–Trinajstić information content (AvgIpc) is 2.57. The molecule has 2 N–H and O–H groups in total. The van der Waals surface area contributed by atoms with Gasteiger partial charge >= 0.3 is 0 Å². The molecule has 3 nitrogen and oxygen atoms in total. The van der Waals surface area contributed by atoms with Crippen molar-refractivity contribution in [3.63, 3.8) is 0 Å². The minimum absolute atomic E-state index is 0.435. The molecule has 3 unspecified atom stereocenters. The van der Waals surface area contributed by atoms with E-state index in [1.54, 1.807) is 0 Å². The van der Waals surface area contributed by atoms with Crippen molar-refractivity contribution in [2.24, 2.45) is 5.73 Å². The van der Waals surface area contributed by atoms with Crippen LogP contribution < -0.4 is 5.73 Å². The molecule has 0 spiro atoms. The molecule has 0 amide bonds. The maximum atomic E-state index is 5.94. The van der Waals surface area contributed by atoms with Gasteiger partial charge in [-0.25, -0.2) is 0 Å². The molecule has 3 atom stereocenters. The highest BCUT2D eigenvalue weighted by molar-refractivity contribution is 4.88. The van der Waals surface area contributed by atoms with Crippen LogP contribution in [0.15, 0.2) is 0 Å². The molecule has 2 saturated heterocycles. The second-order valence-corrected chi connectivity index (χ2v) is 5.05. The first-order chi connectivity index (χ1) is 6.66. The molecule has 2 aliphatic heterocycles. The van der Waals surface area contributed by atoms with Crippen LogP contribution in [-0.2, 0) is 0 Å². The molecule has 2 heterocycles. The van der Waals surface area contributed by atoms with Crippen LogP contribution in [0.1, 0.15) is 26.2 Å². The van der Waals surface area contributed by atoms with Crippen molar-refractivity contribution in [1.82, 2.24) is 9.80 Å². The van der Waals surface area contributed by atoms with Gasteiger partial charge in [0.2, 0.25) is 0 Å². The fourth-order valence-electron chi connectivity index (χ4n) is 2.74. The molecule has 14 heavy (non-hydrogen) atoms. The quantitative estimate of drug-likeness (QED) is 0.664. The van der Waals surface area contributed by atoms with Gasteiger partial charge in [-0.2, -0.15) is 0 Å². The van der Waals surface area contributed by atoms with Crippen molar-refractivity contribution >= 4 is 0 Å². The number of rotatable bonds is 1. The molecule has 0 aliphatic carbocycles. The van der Waals surface area contributed by atoms with Gasteiger partial charge in [-0.05, 0) is 39.8 Å². The van der Waals surface area contributed by atoms with Gasteiger partial charge in [0.05, 0.1) is 0 Å². The predicted molar refractivity (Wildman–Crippen MR) is 59.3 cm³/mol. The monoisotopic (exact) mass is 197 g/mol. The molecular formula is C11H23N3. The lowest BCUT2D eigenvalue weighted by Crippen LogP contribution is -2.47. The minimum atomic E-state index is 0.435. The van der Waals surface area contributed by atoms with Crippen molar-refractivity contribution < 1.29 is 0 Å². The molecule has 0 saturated carbocycles. The van der Waals surface area contributed by atoms with Gasteiger partial charge in [-0.3, -0.25) is 4.90 Å². The lowest BCUT2D eigenvalue weighted by atomic mass is 9.98. The summed E-state index contributed by atoms with van der Waals surface area (Å²) >= 11 is 0. The highest BCUT2D eigenvalue weighted by Gasteiger charge is 2.30. The van der Waals surface area contributed by atoms with Crippen LogP contribution in [0, 0.1) is 0 Å². The fourth-order valence-corrected chi connectivity index (χ4v) is 2.74. The van der Waals surface area contributed by atoms with Crippen molar-refractivity contribution in [2.75, 3.05) is 26.7 Å². The van der Waals surface area contributed by atoms with Crippen LogP contribution >= 0.6 is 0 Å². The molecule has 0 radical (unpaired) electrons. The van der Waals surface area contributed by atoms with Crippen molar-refractivity contribution in [2.45, 2.75) is 44.3 Å². The average molecular weight is 197 g/mol. The van der Waals surface area contributed by atoms with E-state index in [2.05, 4.69) is 23.8 Å². The predicted octanol–water partition coefficient (Wildman–Crippen LogP) is 0.502. The molecule has 2 rings (SSSR count). The van der Waals surface area contributed by atoms with Crippen LogP contribution in [-0.4, -0.2) is 54.6 Å². The fraction of sp³-hybridized carbons (Fsp3) is 1.00. The Labute approximate surface area is 87.2 Å². The number of hydrogen-bond acceptors (Lipinski definition) is 3. The summed E-state index contributed by atoms with van der Waals surface area (Å²) in [5, 5.41) is 0. The third kappa shape index (κ3) is 2.10. The van der Waals surface area contributed by atoms with Crippen LogP contribution in [0.25, 0.3) is 0 Å². The Morgan fingerprint density at radius 3 is 2.57 bits per heavy atom. The van der Waals surface area contributed by atoms with Crippen LogP contribution in [0.5, 0.6) is 0 Å². The van der Waals surface area contributed by atoms with Gasteiger partial charge in [0.1, 0.15) is 0 Å². The Bertz CT molecular complexity index is 195. The number of piperidine rings is 1. The maximum Gasteiger partial charge on any atom is 0.0180 e. The Kier molecular flexibility index (Phi) is 3.10. The van der Waals surface area contributed by atoms with E-state index in [-0.39, 0.29) is 0 Å². The summed E-state index contributed by atoms with van der Waals surface area (Å²) in [5.74, 6) is 0. The Hall–Kier alpha value is -0.120. The third-order valence-corrected chi connectivity index (χ3v) is 3.95. The smallest absolute Gasteiger partial charge is 0.0180 e. The zero-order valence-electron chi connectivity index (χ0n) is 9.45. The highest BCUT2D eigenvalue weighted by atomic mass is 15.2. The minimum Gasteiger partial charge on any atom is -0.326 e. The maximum absolute atomic E-state index is 5.94. The molecule has 82 valence electrons. The summed E-state index contributed by atoms with van der Waals surface area (Å²) in [5.41, 5.74) is 5.94. The van der Waals surface area contributed by atoms with E-state index in [4.69, 9.17) is 5.73 Å². The van der Waals surface area contributed by atoms with E-state index < -0.39 is 0 Å². The zero-order chi connectivity index (χ0) is 10.1. The lowest BCUT2D eigenvalue weighted by molar-refractivity contribution is 0.103. The number of hydrogen-bond donors (Lipinski definition) is 1. The van der Waals surface area contributed by atoms with E-state index in [1.807, 2.05) is 0 Å². The Morgan fingerprint density at radius 2 is 2.00 bits per heavy atom. The third-order valence-electron chi connectivity index (χ3n) is 3.95. The highest BCUT2D eigenvalue weighted by Crippen LogP contribution is 2.23. The summed E-state index contributed by atoms with van der Waals surface area (Å²) in [6, 6.07) is 1.98. The molecule has 2 aliphatic rings. The van der Waals surface area contributed by atoms with E-state index in [0.29, 0.717) is 6.04 Å². The standard InChI is InChI=1S/C11H23N3/c1-9-7-11(4-5-13(9)2)14-6-3-10(12)8-14/h9-11H,3-8,12H2,1-2H3. The Morgan fingerprint density at radius 1 is 1.21 bits per heavy atom. The molecule has 0 aromatic carbocycles. The second kappa shape index (κ2) is 4.17. The van der Waals surface area contributed by atoms with E-state index in [0.717, 1.165) is 18.6 Å². The van der Waals surface area contributed by atoms with E-state index in [1.165, 1.54) is 32.4 Å². The molecule has 0 aromatic rings. The summed E-state index contributed by atoms with van der Waals surface area (Å²) in [6.45, 7) is 5.93. The molecular weight excluding hydrogens is 174 g/mol. The van der Waals surface area contributed by atoms with Gasteiger partial charge in [0, 0.05) is 31.2 Å². The summed E-state index contributed by atoms with van der Waals surface area (Å²) < 4.78 is 0. The summed E-state index contributed by atoms with van der Waals surface area (Å²) in [4.78, 5) is 5.07. The molecule has 0 bridgehead atoms. The number of likely N-dealkylation sites (tertiary alicyclic amines) is 2. The zero-order valence-corrected chi connectivity index (χ0v) is 9.45. The SMILES string of the molecule is CC1CC(N2CCC(N)C2)CCN1C. The van der Waals surface area contributed by atoms with Crippen LogP contribution in [0.4, 0.5) is 0 Å². The van der Waals surface area contributed by atoms with Gasteiger partial charge in [0.25, 0.3) is 0 Å². The van der Waals surface area contributed by atoms with Crippen LogP contribution in [0.2, 0.25) is 0 Å². The number of nitrogens with zero attached hydrogens (tertiary/aromatic N) is 2. The summed E-state index contributed by atoms with van der Waals surface area (Å²) in [6.07, 6.45) is 3.84. The van der Waals surface area contributed by atoms with Crippen molar-refractivity contribution in [1.29, 1.82) is 0 Å². The molecule has 2 fully saturated rings. The van der Waals surface area contributed by atoms with Crippen molar-refractivity contribution in [3.05, 3.63) is 0 Å². The summed E-state index contributed by atoms with van der Waals surface area (Å²) in [7, 11) is 2.23. The Balaban J connectivity index is 1.87. The molecule has 0 aromatic heterocycles. The second-order valence-electron chi connectivity index (χ2n) is 5.05. The van der Waals surface area contributed by atoms with E-state index in [9.17, 15) is 0 Å². The largest absolute Gasteiger partial charge is 0.326 e. The topological polar surface area (TPSA) is 32.5 Å². The molecule has 3 heteroatoms. The lowest BCUT2D eigenvalue weighted by Gasteiger charge is -2.39. The number of nitrogens with two attached hydrogens (primary N) is 1. The normalized spacial score (nSPS) is 41.8. The van der Waals surface area contributed by atoms with Gasteiger partial charge in [-0.1, -0.05) is 0 Å². The van der Waals surface area contributed by atoms with E-state index >= 15 is 0 Å². The van der Waals surface area contributed by atoms with Crippen LogP contribution in [0.3, 0.4) is 0 Å². The first-order valence-electron chi connectivity index (χ1n) is 5.86. The van der Waals surface area contributed by atoms with Crippen molar-refractivity contribution in [3.8, 4) is 0 Å².